The molecular weight excluding hydrogens is 256 g/mol. The van der Waals surface area contributed by atoms with Gasteiger partial charge in [0.1, 0.15) is 0 Å². The molecule has 0 fully saturated rings. The van der Waals surface area contributed by atoms with Gasteiger partial charge in [-0.05, 0) is 24.9 Å². The fourth-order valence-electron chi connectivity index (χ4n) is 1.47. The van der Waals surface area contributed by atoms with Gasteiger partial charge in [0.15, 0.2) is 0 Å². The molecule has 0 aliphatic heterocycles. The van der Waals surface area contributed by atoms with E-state index in [1.807, 2.05) is 31.4 Å². The van der Waals surface area contributed by atoms with Crippen molar-refractivity contribution in [1.29, 1.82) is 0 Å². The zero-order valence-electron chi connectivity index (χ0n) is 10.5. The van der Waals surface area contributed by atoms with Gasteiger partial charge in [0.25, 0.3) is 0 Å². The lowest BCUT2D eigenvalue weighted by Gasteiger charge is -2.23. The van der Waals surface area contributed by atoms with Crippen molar-refractivity contribution in [2.45, 2.75) is 19.9 Å². The summed E-state index contributed by atoms with van der Waals surface area (Å²) >= 11 is 1.58. The molecule has 0 aliphatic rings. The molecule has 1 aromatic heterocycles. The second kappa shape index (κ2) is 6.49. The molecule has 1 aromatic rings. The number of sulfonamides is 1. The monoisotopic (exact) mass is 276 g/mol. The lowest BCUT2D eigenvalue weighted by atomic mass is 10.3. The van der Waals surface area contributed by atoms with Gasteiger partial charge in [0, 0.05) is 18.5 Å². The largest absolute Gasteiger partial charge is 0.316 e. The van der Waals surface area contributed by atoms with E-state index in [0.29, 0.717) is 6.54 Å². The van der Waals surface area contributed by atoms with E-state index < -0.39 is 10.0 Å². The summed E-state index contributed by atoms with van der Waals surface area (Å²) in [5.74, 6) is 0.146. The molecule has 0 radical (unpaired) electrons. The first-order valence-corrected chi connectivity index (χ1v) is 8.17. The first kappa shape index (κ1) is 14.6. The molecule has 0 spiro atoms. The summed E-state index contributed by atoms with van der Waals surface area (Å²) in [6.45, 7) is 5.17. The second-order valence-electron chi connectivity index (χ2n) is 3.88. The first-order chi connectivity index (χ1) is 7.99. The third-order valence-electron chi connectivity index (χ3n) is 2.73. The smallest absolute Gasteiger partial charge is 0.215 e. The Morgan fingerprint density at radius 3 is 2.76 bits per heavy atom. The van der Waals surface area contributed by atoms with Gasteiger partial charge in [-0.25, -0.2) is 8.42 Å². The summed E-state index contributed by atoms with van der Waals surface area (Å²) in [6.07, 6.45) is 0. The number of hydrogen-bond acceptors (Lipinski definition) is 4. The highest BCUT2D eigenvalue weighted by atomic mass is 32.2. The fraction of sp³-hybridized carbons (Fsp3) is 0.636. The van der Waals surface area contributed by atoms with Gasteiger partial charge < -0.3 is 5.32 Å². The Labute approximate surface area is 108 Å². The molecule has 6 heteroatoms. The summed E-state index contributed by atoms with van der Waals surface area (Å²) in [6, 6.07) is 3.81. The van der Waals surface area contributed by atoms with E-state index in [4.69, 9.17) is 0 Å². The predicted octanol–water partition coefficient (Wildman–Crippen LogP) is 1.68. The van der Waals surface area contributed by atoms with Crippen LogP contribution in [0, 0.1) is 0 Å². The Morgan fingerprint density at radius 2 is 2.24 bits per heavy atom. The lowest BCUT2D eigenvalue weighted by Crippen LogP contribution is -2.35. The number of hydrogen-bond donors (Lipinski definition) is 1. The van der Waals surface area contributed by atoms with E-state index in [1.54, 1.807) is 18.4 Å². The maximum atomic E-state index is 12.0. The van der Waals surface area contributed by atoms with Gasteiger partial charge in [-0.1, -0.05) is 13.0 Å². The van der Waals surface area contributed by atoms with Crippen molar-refractivity contribution in [2.24, 2.45) is 0 Å². The van der Waals surface area contributed by atoms with Gasteiger partial charge >= 0.3 is 0 Å². The lowest BCUT2D eigenvalue weighted by molar-refractivity contribution is 0.402. The van der Waals surface area contributed by atoms with E-state index in [1.165, 1.54) is 4.31 Å². The van der Waals surface area contributed by atoms with Crippen LogP contribution in [-0.4, -0.2) is 38.6 Å². The molecule has 1 unspecified atom stereocenters. The van der Waals surface area contributed by atoms with Crippen LogP contribution in [0.2, 0.25) is 0 Å². The van der Waals surface area contributed by atoms with Crippen molar-refractivity contribution in [3.63, 3.8) is 0 Å². The van der Waals surface area contributed by atoms with Crippen molar-refractivity contribution >= 4 is 21.4 Å². The van der Waals surface area contributed by atoms with Gasteiger partial charge in [0.05, 0.1) is 11.8 Å². The van der Waals surface area contributed by atoms with E-state index in [-0.39, 0.29) is 11.8 Å². The number of rotatable bonds is 7. The van der Waals surface area contributed by atoms with Gasteiger partial charge in [-0.2, -0.15) is 4.31 Å². The summed E-state index contributed by atoms with van der Waals surface area (Å²) in [5.41, 5.74) is 0. The summed E-state index contributed by atoms with van der Waals surface area (Å²) in [7, 11) is -1.54. The Hall–Kier alpha value is -0.430. The Morgan fingerprint density at radius 1 is 1.53 bits per heavy atom. The van der Waals surface area contributed by atoms with Gasteiger partial charge in [-0.3, -0.25) is 0 Å². The Bertz CT molecular complexity index is 415. The van der Waals surface area contributed by atoms with Gasteiger partial charge in [-0.15, -0.1) is 11.3 Å². The molecule has 1 N–H and O–H groups in total. The van der Waals surface area contributed by atoms with Crippen LogP contribution in [0.25, 0.3) is 0 Å². The molecule has 0 saturated heterocycles. The van der Waals surface area contributed by atoms with Crippen LogP contribution in [0.15, 0.2) is 17.5 Å². The van der Waals surface area contributed by atoms with Crippen LogP contribution in [0.1, 0.15) is 24.8 Å². The van der Waals surface area contributed by atoms with E-state index in [0.717, 1.165) is 11.4 Å². The molecule has 98 valence electrons. The van der Waals surface area contributed by atoms with Crippen molar-refractivity contribution in [3.8, 4) is 0 Å². The highest BCUT2D eigenvalue weighted by Gasteiger charge is 2.24. The molecule has 0 amide bonds. The van der Waals surface area contributed by atoms with E-state index in [2.05, 4.69) is 5.32 Å². The summed E-state index contributed by atoms with van der Waals surface area (Å²) in [4.78, 5) is 1.07. The predicted molar refractivity (Wildman–Crippen MR) is 72.8 cm³/mol. The average molecular weight is 276 g/mol. The maximum absolute atomic E-state index is 12.0. The number of thiophene rings is 1. The van der Waals surface area contributed by atoms with Crippen LogP contribution in [0.3, 0.4) is 0 Å². The molecule has 1 heterocycles. The van der Waals surface area contributed by atoms with Gasteiger partial charge in [0.2, 0.25) is 10.0 Å². The first-order valence-electron chi connectivity index (χ1n) is 5.69. The van der Waals surface area contributed by atoms with Crippen LogP contribution in [0.5, 0.6) is 0 Å². The number of nitrogens with zero attached hydrogens (tertiary/aromatic N) is 1. The van der Waals surface area contributed by atoms with Crippen molar-refractivity contribution in [3.05, 3.63) is 22.4 Å². The minimum absolute atomic E-state index is 0.0957. The summed E-state index contributed by atoms with van der Waals surface area (Å²) < 4.78 is 25.5. The van der Waals surface area contributed by atoms with Crippen molar-refractivity contribution in [2.75, 3.05) is 25.9 Å². The number of nitrogens with one attached hydrogen (secondary N) is 1. The SMILES string of the molecule is CCNCCS(=O)(=O)N(C)C(C)c1cccs1. The zero-order chi connectivity index (χ0) is 12.9. The Balaban J connectivity index is 2.65. The standard InChI is InChI=1S/C11H20N2O2S2/c1-4-12-7-9-17(14,15)13(3)10(2)11-6-5-8-16-11/h5-6,8,10,12H,4,7,9H2,1-3H3. The van der Waals surface area contributed by atoms with Crippen LogP contribution in [0.4, 0.5) is 0 Å². The Kier molecular flexibility index (Phi) is 5.58. The maximum Gasteiger partial charge on any atom is 0.215 e. The zero-order valence-corrected chi connectivity index (χ0v) is 12.1. The van der Waals surface area contributed by atoms with Crippen LogP contribution >= 0.6 is 11.3 Å². The minimum Gasteiger partial charge on any atom is -0.316 e. The third-order valence-corrected chi connectivity index (χ3v) is 5.68. The fourth-order valence-corrected chi connectivity index (χ4v) is 3.65. The van der Waals surface area contributed by atoms with Crippen LogP contribution in [-0.2, 0) is 10.0 Å². The van der Waals surface area contributed by atoms with E-state index in [9.17, 15) is 8.42 Å². The van der Waals surface area contributed by atoms with E-state index >= 15 is 0 Å². The molecule has 0 bridgehead atoms. The third kappa shape index (κ3) is 4.06. The highest BCUT2D eigenvalue weighted by molar-refractivity contribution is 7.89. The molecule has 1 atom stereocenters. The van der Waals surface area contributed by atoms with Crippen molar-refractivity contribution in [1.82, 2.24) is 9.62 Å². The topological polar surface area (TPSA) is 49.4 Å². The highest BCUT2D eigenvalue weighted by Crippen LogP contribution is 2.25. The minimum atomic E-state index is -3.18. The molecule has 0 aliphatic carbocycles. The molecule has 1 rings (SSSR count). The molecule has 4 nitrogen and oxygen atoms in total. The quantitative estimate of drug-likeness (QED) is 0.771. The molecule has 0 saturated carbocycles. The normalized spacial score (nSPS) is 14.1. The van der Waals surface area contributed by atoms with Crippen LogP contribution < -0.4 is 5.32 Å². The molecular formula is C11H20N2O2S2. The molecule has 0 aromatic carbocycles. The average Bonchev–Trinajstić information content (AvgIpc) is 2.80. The molecule has 17 heavy (non-hydrogen) atoms. The summed E-state index contributed by atoms with van der Waals surface area (Å²) in [5, 5.41) is 4.99. The second-order valence-corrected chi connectivity index (χ2v) is 7.00. The van der Waals surface area contributed by atoms with Crippen molar-refractivity contribution < 1.29 is 8.42 Å².